The summed E-state index contributed by atoms with van der Waals surface area (Å²) in [5.74, 6) is 0. The van der Waals surface area contributed by atoms with Crippen molar-refractivity contribution in [3.8, 4) is 5.69 Å². The molecule has 0 radical (unpaired) electrons. The summed E-state index contributed by atoms with van der Waals surface area (Å²) >= 11 is 0. The summed E-state index contributed by atoms with van der Waals surface area (Å²) in [5.41, 5.74) is 1.19. The monoisotopic (exact) mass is 270 g/mol. The fourth-order valence-electron chi connectivity index (χ4n) is 2.16. The Balaban J connectivity index is 1.86. The van der Waals surface area contributed by atoms with Crippen molar-refractivity contribution >= 4 is 12.7 Å². The van der Waals surface area contributed by atoms with Gasteiger partial charge in [-0.15, -0.1) is 0 Å². The van der Waals surface area contributed by atoms with E-state index in [-0.39, 0.29) is 11.2 Å². The van der Waals surface area contributed by atoms with E-state index in [0.717, 1.165) is 11.3 Å². The highest BCUT2D eigenvalue weighted by atomic mass is 16.7. The molecule has 1 saturated heterocycles. The van der Waals surface area contributed by atoms with Crippen LogP contribution in [0, 0.1) is 0 Å². The van der Waals surface area contributed by atoms with Gasteiger partial charge in [0.1, 0.15) is 0 Å². The first-order valence-electron chi connectivity index (χ1n) is 6.84. The van der Waals surface area contributed by atoms with Crippen LogP contribution in [0.4, 0.5) is 0 Å². The molecule has 4 nitrogen and oxygen atoms in total. The number of benzene rings is 1. The summed E-state index contributed by atoms with van der Waals surface area (Å²) < 4.78 is 14.0. The van der Waals surface area contributed by atoms with Gasteiger partial charge in [0.2, 0.25) is 0 Å². The van der Waals surface area contributed by atoms with Crippen molar-refractivity contribution in [2.75, 3.05) is 0 Å². The molecule has 1 fully saturated rings. The summed E-state index contributed by atoms with van der Waals surface area (Å²) in [7, 11) is -0.412. The molecule has 0 atom stereocenters. The molecular formula is C15H19BN2O2. The van der Waals surface area contributed by atoms with Gasteiger partial charge < -0.3 is 13.9 Å². The molecule has 0 amide bonds. The number of rotatable bonds is 2. The molecule has 0 unspecified atom stereocenters. The van der Waals surface area contributed by atoms with Gasteiger partial charge in [0.15, 0.2) is 0 Å². The smallest absolute Gasteiger partial charge is 0.398 e. The molecule has 0 bridgehead atoms. The van der Waals surface area contributed by atoms with Gasteiger partial charge in [-0.2, -0.15) is 0 Å². The molecule has 20 heavy (non-hydrogen) atoms. The van der Waals surface area contributed by atoms with E-state index < -0.39 is 7.12 Å². The van der Waals surface area contributed by atoms with E-state index >= 15 is 0 Å². The Kier molecular flexibility index (Phi) is 2.99. The Bertz CT molecular complexity index is 591. The van der Waals surface area contributed by atoms with E-state index in [0.29, 0.717) is 0 Å². The van der Waals surface area contributed by atoms with Gasteiger partial charge in [0.05, 0.1) is 23.1 Å². The van der Waals surface area contributed by atoms with Crippen molar-refractivity contribution in [2.24, 2.45) is 0 Å². The highest BCUT2D eigenvalue weighted by Gasteiger charge is 2.52. The van der Waals surface area contributed by atoms with Crippen LogP contribution in [-0.4, -0.2) is 27.9 Å². The fraction of sp³-hybridized carbons (Fsp3) is 0.400. The van der Waals surface area contributed by atoms with E-state index in [1.54, 1.807) is 6.33 Å². The van der Waals surface area contributed by atoms with Crippen LogP contribution in [0.15, 0.2) is 42.9 Å². The normalized spacial score (nSPS) is 20.3. The van der Waals surface area contributed by atoms with Crippen LogP contribution >= 0.6 is 0 Å². The van der Waals surface area contributed by atoms with Crippen molar-refractivity contribution in [1.29, 1.82) is 0 Å². The fourth-order valence-corrected chi connectivity index (χ4v) is 2.16. The molecule has 0 saturated carbocycles. The lowest BCUT2D eigenvalue weighted by Gasteiger charge is -2.32. The topological polar surface area (TPSA) is 36.3 Å². The minimum absolute atomic E-state index is 0.339. The number of aromatic nitrogens is 2. The van der Waals surface area contributed by atoms with Crippen molar-refractivity contribution in [1.82, 2.24) is 9.55 Å². The van der Waals surface area contributed by atoms with Gasteiger partial charge >= 0.3 is 7.12 Å². The number of nitrogens with zero attached hydrogens (tertiary/aromatic N) is 2. The molecule has 5 heteroatoms. The third-order valence-corrected chi connectivity index (χ3v) is 4.15. The van der Waals surface area contributed by atoms with E-state index in [1.807, 2.05) is 68.8 Å². The van der Waals surface area contributed by atoms with Crippen molar-refractivity contribution in [2.45, 2.75) is 38.9 Å². The van der Waals surface area contributed by atoms with Crippen LogP contribution in [0.1, 0.15) is 27.7 Å². The number of hydrogen-bond acceptors (Lipinski definition) is 3. The van der Waals surface area contributed by atoms with Crippen molar-refractivity contribution in [3.63, 3.8) is 0 Å². The first-order valence-corrected chi connectivity index (χ1v) is 6.84. The largest absolute Gasteiger partial charge is 0.516 e. The molecule has 0 N–H and O–H groups in total. The Morgan fingerprint density at radius 1 is 1.00 bits per heavy atom. The molecule has 1 aliphatic heterocycles. The Morgan fingerprint density at radius 2 is 1.60 bits per heavy atom. The highest BCUT2D eigenvalue weighted by molar-refractivity contribution is 6.61. The summed E-state index contributed by atoms with van der Waals surface area (Å²) in [6.07, 6.45) is 3.74. The third-order valence-electron chi connectivity index (χ3n) is 4.15. The van der Waals surface area contributed by atoms with Crippen LogP contribution < -0.4 is 5.59 Å². The van der Waals surface area contributed by atoms with Crippen LogP contribution in [-0.2, 0) is 9.31 Å². The molecule has 2 aromatic rings. The molecule has 0 spiro atoms. The zero-order valence-corrected chi connectivity index (χ0v) is 12.3. The molecule has 3 rings (SSSR count). The average molecular weight is 270 g/mol. The molecule has 1 aliphatic rings. The SMILES string of the molecule is CC1(C)OB(c2cn(-c3ccccc3)cn2)OC1(C)C. The molecule has 1 aromatic heterocycles. The minimum atomic E-state index is -0.412. The second kappa shape index (κ2) is 4.47. The van der Waals surface area contributed by atoms with Crippen LogP contribution in [0.5, 0.6) is 0 Å². The van der Waals surface area contributed by atoms with Crippen LogP contribution in [0.2, 0.25) is 0 Å². The first-order chi connectivity index (χ1) is 9.39. The van der Waals surface area contributed by atoms with Gasteiger partial charge in [0.25, 0.3) is 0 Å². The van der Waals surface area contributed by atoms with Gasteiger partial charge in [0, 0.05) is 11.9 Å². The average Bonchev–Trinajstić information content (AvgIpc) is 2.94. The van der Waals surface area contributed by atoms with E-state index in [2.05, 4.69) is 4.98 Å². The lowest BCUT2D eigenvalue weighted by atomic mass is 9.86. The third kappa shape index (κ3) is 2.17. The van der Waals surface area contributed by atoms with E-state index in [4.69, 9.17) is 9.31 Å². The summed E-state index contributed by atoms with van der Waals surface area (Å²) in [6, 6.07) is 10.1. The molecule has 2 heterocycles. The maximum Gasteiger partial charge on any atom is 0.516 e. The van der Waals surface area contributed by atoms with Crippen molar-refractivity contribution in [3.05, 3.63) is 42.9 Å². The Hall–Kier alpha value is -1.59. The maximum absolute atomic E-state index is 6.00. The lowest BCUT2D eigenvalue weighted by Crippen LogP contribution is -2.41. The van der Waals surface area contributed by atoms with Gasteiger partial charge in [-0.1, -0.05) is 18.2 Å². The second-order valence-electron chi connectivity index (χ2n) is 6.13. The zero-order chi connectivity index (χ0) is 14.4. The zero-order valence-electron chi connectivity index (χ0n) is 12.3. The number of imidazole rings is 1. The highest BCUT2D eigenvalue weighted by Crippen LogP contribution is 2.36. The summed E-state index contributed by atoms with van der Waals surface area (Å²) in [4.78, 5) is 4.42. The Morgan fingerprint density at radius 3 is 2.20 bits per heavy atom. The van der Waals surface area contributed by atoms with Crippen molar-refractivity contribution < 1.29 is 9.31 Å². The van der Waals surface area contributed by atoms with E-state index in [1.165, 1.54) is 0 Å². The predicted molar refractivity (Wildman–Crippen MR) is 79.3 cm³/mol. The van der Waals surface area contributed by atoms with Crippen LogP contribution in [0.25, 0.3) is 5.69 Å². The van der Waals surface area contributed by atoms with Crippen LogP contribution in [0.3, 0.4) is 0 Å². The lowest BCUT2D eigenvalue weighted by molar-refractivity contribution is 0.00578. The molecule has 0 aliphatic carbocycles. The van der Waals surface area contributed by atoms with Gasteiger partial charge in [-0.3, -0.25) is 0 Å². The minimum Gasteiger partial charge on any atom is -0.398 e. The molecule has 1 aromatic carbocycles. The summed E-state index contributed by atoms with van der Waals surface area (Å²) in [5, 5.41) is 0. The quantitative estimate of drug-likeness (QED) is 0.785. The first kappa shape index (κ1) is 13.4. The maximum atomic E-state index is 6.00. The molecule has 104 valence electrons. The molecular weight excluding hydrogens is 251 g/mol. The predicted octanol–water partition coefficient (Wildman–Crippen LogP) is 2.17. The van der Waals surface area contributed by atoms with E-state index in [9.17, 15) is 0 Å². The number of para-hydroxylation sites is 1. The van der Waals surface area contributed by atoms with Gasteiger partial charge in [-0.25, -0.2) is 4.98 Å². The standard InChI is InChI=1S/C15H19BN2O2/c1-14(2)15(3,4)20-16(19-14)13-10-18(11-17-13)12-8-6-5-7-9-12/h5-11H,1-4H3. The van der Waals surface area contributed by atoms with Gasteiger partial charge in [-0.05, 0) is 39.8 Å². The summed E-state index contributed by atoms with van der Waals surface area (Å²) in [6.45, 7) is 8.17. The second-order valence-corrected chi connectivity index (χ2v) is 6.13. The Labute approximate surface area is 119 Å². The number of hydrogen-bond donors (Lipinski definition) is 0.